The minimum Gasteiger partial charge on any atom is -0.493 e. The van der Waals surface area contributed by atoms with E-state index in [2.05, 4.69) is 38.1 Å². The molecule has 0 spiro atoms. The summed E-state index contributed by atoms with van der Waals surface area (Å²) >= 11 is 0. The summed E-state index contributed by atoms with van der Waals surface area (Å²) in [6, 6.07) is 14.5. The van der Waals surface area contributed by atoms with E-state index in [4.69, 9.17) is 9.47 Å². The fourth-order valence-electron chi connectivity index (χ4n) is 4.21. The largest absolute Gasteiger partial charge is 0.493 e. The highest BCUT2D eigenvalue weighted by Gasteiger charge is 2.25. The number of rotatable bonds is 6. The Labute approximate surface area is 173 Å². The Bertz CT molecular complexity index is 857. The maximum atomic E-state index is 12.6. The summed E-state index contributed by atoms with van der Waals surface area (Å²) in [5.41, 5.74) is 3.83. The van der Waals surface area contributed by atoms with Gasteiger partial charge in [0.15, 0.2) is 6.61 Å². The molecule has 2 heterocycles. The molecule has 1 fully saturated rings. The van der Waals surface area contributed by atoms with Crippen LogP contribution in [0.1, 0.15) is 36.5 Å². The van der Waals surface area contributed by atoms with E-state index in [-0.39, 0.29) is 12.5 Å². The molecule has 29 heavy (non-hydrogen) atoms. The smallest absolute Gasteiger partial charge is 0.260 e. The van der Waals surface area contributed by atoms with Crippen molar-refractivity contribution >= 4 is 5.91 Å². The normalized spacial score (nSPS) is 16.6. The first-order valence-electron chi connectivity index (χ1n) is 10.7. The van der Waals surface area contributed by atoms with Gasteiger partial charge in [0.25, 0.3) is 5.91 Å². The summed E-state index contributed by atoms with van der Waals surface area (Å²) < 4.78 is 11.5. The maximum Gasteiger partial charge on any atom is 0.260 e. The van der Waals surface area contributed by atoms with Crippen LogP contribution in [0.25, 0.3) is 0 Å². The minimum absolute atomic E-state index is 0.0808. The standard InChI is InChI=1S/C24H30N2O3/c1-18(2)21-5-3-4-6-23(21)29-17-24(27)26-12-10-25(11-13-26)16-19-7-8-22-20(15-19)9-14-28-22/h3-8,15,18H,9-14,16-17H2,1-2H3/p+1. The van der Waals surface area contributed by atoms with Crippen LogP contribution >= 0.6 is 0 Å². The molecular formula is C24H31N2O3+. The monoisotopic (exact) mass is 395 g/mol. The van der Waals surface area contributed by atoms with Crippen molar-refractivity contribution in [1.82, 2.24) is 4.90 Å². The van der Waals surface area contributed by atoms with E-state index in [1.165, 1.54) is 16.0 Å². The number of piperazine rings is 1. The average Bonchev–Trinajstić information content (AvgIpc) is 3.20. The Balaban J connectivity index is 1.26. The highest BCUT2D eigenvalue weighted by Crippen LogP contribution is 2.26. The van der Waals surface area contributed by atoms with Crippen molar-refractivity contribution in [2.75, 3.05) is 39.4 Å². The van der Waals surface area contributed by atoms with E-state index < -0.39 is 0 Å². The first-order valence-corrected chi connectivity index (χ1v) is 10.7. The number of hydrogen-bond acceptors (Lipinski definition) is 3. The number of carbonyl (C=O) groups excluding carboxylic acids is 1. The Morgan fingerprint density at radius 3 is 2.76 bits per heavy atom. The molecule has 5 nitrogen and oxygen atoms in total. The highest BCUT2D eigenvalue weighted by atomic mass is 16.5. The van der Waals surface area contributed by atoms with Gasteiger partial charge < -0.3 is 19.3 Å². The van der Waals surface area contributed by atoms with E-state index in [1.54, 1.807) is 0 Å². The minimum atomic E-state index is 0.0808. The van der Waals surface area contributed by atoms with Crippen LogP contribution in [-0.4, -0.2) is 50.2 Å². The SMILES string of the molecule is CC(C)c1ccccc1OCC(=O)N1CC[NH+](Cc2ccc3c(c2)CCO3)CC1. The highest BCUT2D eigenvalue weighted by molar-refractivity contribution is 5.77. The van der Waals surface area contributed by atoms with Crippen LogP contribution < -0.4 is 14.4 Å². The third-order valence-electron chi connectivity index (χ3n) is 5.92. The van der Waals surface area contributed by atoms with Crippen LogP contribution in [0.3, 0.4) is 0 Å². The van der Waals surface area contributed by atoms with E-state index in [9.17, 15) is 4.79 Å². The lowest BCUT2D eigenvalue weighted by molar-refractivity contribution is -0.917. The van der Waals surface area contributed by atoms with Crippen LogP contribution in [0.15, 0.2) is 42.5 Å². The zero-order valence-corrected chi connectivity index (χ0v) is 17.4. The molecule has 2 aromatic carbocycles. The number of nitrogens with one attached hydrogen (secondary N) is 1. The van der Waals surface area contributed by atoms with Crippen molar-refractivity contribution in [3.05, 3.63) is 59.2 Å². The van der Waals surface area contributed by atoms with Gasteiger partial charge in [-0.15, -0.1) is 0 Å². The number of ether oxygens (including phenoxy) is 2. The van der Waals surface area contributed by atoms with Gasteiger partial charge in [-0.1, -0.05) is 32.0 Å². The summed E-state index contributed by atoms with van der Waals surface area (Å²) in [5, 5.41) is 0. The topological polar surface area (TPSA) is 43.2 Å². The number of quaternary nitrogens is 1. The van der Waals surface area contributed by atoms with E-state index in [1.807, 2.05) is 23.1 Å². The fourth-order valence-corrected chi connectivity index (χ4v) is 4.21. The average molecular weight is 396 g/mol. The van der Waals surface area contributed by atoms with Crippen LogP contribution in [0.4, 0.5) is 0 Å². The van der Waals surface area contributed by atoms with Gasteiger partial charge >= 0.3 is 0 Å². The van der Waals surface area contributed by atoms with Gasteiger partial charge in [0, 0.05) is 12.0 Å². The van der Waals surface area contributed by atoms with Crippen molar-refractivity contribution in [2.45, 2.75) is 32.7 Å². The second kappa shape index (κ2) is 8.87. The molecule has 0 saturated carbocycles. The molecule has 4 rings (SSSR count). The summed E-state index contributed by atoms with van der Waals surface area (Å²) in [4.78, 5) is 16.1. The number of benzene rings is 2. The van der Waals surface area contributed by atoms with Crippen LogP contribution in [-0.2, 0) is 17.8 Å². The van der Waals surface area contributed by atoms with Crippen LogP contribution in [0, 0.1) is 0 Å². The van der Waals surface area contributed by atoms with Gasteiger partial charge in [-0.2, -0.15) is 0 Å². The van der Waals surface area contributed by atoms with Crippen molar-refractivity contribution in [3.8, 4) is 11.5 Å². The number of fused-ring (bicyclic) bond motifs is 1. The van der Waals surface area contributed by atoms with Gasteiger partial charge in [-0.05, 0) is 41.3 Å². The molecule has 2 aliphatic heterocycles. The zero-order valence-electron chi connectivity index (χ0n) is 17.4. The predicted octanol–water partition coefficient (Wildman–Crippen LogP) is 2.05. The zero-order chi connectivity index (χ0) is 20.2. The third kappa shape index (κ3) is 4.73. The van der Waals surface area contributed by atoms with E-state index in [0.717, 1.165) is 62.8 Å². The van der Waals surface area contributed by atoms with E-state index in [0.29, 0.717) is 5.92 Å². The molecule has 0 atom stereocenters. The molecule has 0 aliphatic carbocycles. The van der Waals surface area contributed by atoms with Crippen LogP contribution in [0.5, 0.6) is 11.5 Å². The molecule has 0 radical (unpaired) electrons. The number of hydrogen-bond donors (Lipinski definition) is 1. The first-order chi connectivity index (χ1) is 14.1. The summed E-state index contributed by atoms with van der Waals surface area (Å²) in [7, 11) is 0. The predicted molar refractivity (Wildman–Crippen MR) is 113 cm³/mol. The molecule has 2 aliphatic rings. The fraction of sp³-hybridized carbons (Fsp3) is 0.458. The number of amides is 1. The quantitative estimate of drug-likeness (QED) is 0.814. The lowest BCUT2D eigenvalue weighted by Crippen LogP contribution is -3.13. The van der Waals surface area contributed by atoms with E-state index >= 15 is 0 Å². The molecule has 1 N–H and O–H groups in total. The van der Waals surface area contributed by atoms with Crippen molar-refractivity contribution < 1.29 is 19.2 Å². The summed E-state index contributed by atoms with van der Waals surface area (Å²) in [5.74, 6) is 2.32. The maximum absolute atomic E-state index is 12.6. The van der Waals surface area contributed by atoms with Gasteiger partial charge in [-0.3, -0.25) is 4.79 Å². The molecule has 0 bridgehead atoms. The van der Waals surface area contributed by atoms with Crippen molar-refractivity contribution in [3.63, 3.8) is 0 Å². The molecule has 154 valence electrons. The Morgan fingerprint density at radius 2 is 1.97 bits per heavy atom. The molecule has 1 amide bonds. The molecule has 5 heteroatoms. The van der Waals surface area contributed by atoms with Gasteiger partial charge in [0.05, 0.1) is 32.8 Å². The second-order valence-corrected chi connectivity index (χ2v) is 8.33. The number of para-hydroxylation sites is 1. The Morgan fingerprint density at radius 1 is 1.17 bits per heavy atom. The van der Waals surface area contributed by atoms with Gasteiger partial charge in [0.1, 0.15) is 18.0 Å². The molecule has 1 saturated heterocycles. The molecular weight excluding hydrogens is 364 g/mol. The summed E-state index contributed by atoms with van der Waals surface area (Å²) in [6.45, 7) is 9.73. The lowest BCUT2D eigenvalue weighted by atomic mass is 10.0. The lowest BCUT2D eigenvalue weighted by Gasteiger charge is -2.32. The first kappa shape index (κ1) is 19.8. The molecule has 2 aromatic rings. The Hall–Kier alpha value is -2.53. The summed E-state index contributed by atoms with van der Waals surface area (Å²) in [6.07, 6.45) is 1.01. The van der Waals surface area contributed by atoms with Gasteiger partial charge in [0.2, 0.25) is 0 Å². The van der Waals surface area contributed by atoms with Crippen molar-refractivity contribution in [1.29, 1.82) is 0 Å². The number of nitrogens with zero attached hydrogens (tertiary/aromatic N) is 1. The van der Waals surface area contributed by atoms with Gasteiger partial charge in [-0.25, -0.2) is 0 Å². The number of carbonyl (C=O) groups is 1. The molecule has 0 aromatic heterocycles. The van der Waals surface area contributed by atoms with Crippen molar-refractivity contribution in [2.24, 2.45) is 0 Å². The Kier molecular flexibility index (Phi) is 6.05. The van der Waals surface area contributed by atoms with Crippen LogP contribution in [0.2, 0.25) is 0 Å². The molecule has 0 unspecified atom stereocenters. The second-order valence-electron chi connectivity index (χ2n) is 8.33. The third-order valence-corrected chi connectivity index (χ3v) is 5.92.